The predicted octanol–water partition coefficient (Wildman–Crippen LogP) is 2.53. The van der Waals surface area contributed by atoms with Crippen molar-refractivity contribution in [2.75, 3.05) is 11.9 Å². The third kappa shape index (κ3) is 3.85. The minimum Gasteiger partial charge on any atom is -0.376 e. The minimum atomic E-state index is -0.264. The van der Waals surface area contributed by atoms with E-state index in [4.69, 9.17) is 0 Å². The molecule has 3 N–H and O–H groups in total. The first-order chi connectivity index (χ1) is 12.0. The molecule has 0 saturated heterocycles. The second kappa shape index (κ2) is 7.17. The van der Waals surface area contributed by atoms with E-state index in [1.54, 1.807) is 0 Å². The number of hydrogen-bond donors (Lipinski definition) is 3. The average Bonchev–Trinajstić information content (AvgIpc) is 2.59. The molecule has 1 aromatic heterocycles. The van der Waals surface area contributed by atoms with Crippen molar-refractivity contribution < 1.29 is 4.79 Å². The zero-order chi connectivity index (χ0) is 17.8. The molecule has 0 radical (unpaired) electrons. The van der Waals surface area contributed by atoms with Gasteiger partial charge in [-0.05, 0) is 32.0 Å². The van der Waals surface area contributed by atoms with Gasteiger partial charge in [-0.2, -0.15) is 0 Å². The standard InChI is InChI=1S/C19H20N4O2/c1-12(2)21-17(24)11-20-14-8-4-3-7-13(14)18-19(25)23-16-10-6-5-9-15(16)22-18/h3-10,12,20H,11H2,1-2H3,(H,21,24)(H,23,25). The van der Waals surface area contributed by atoms with Gasteiger partial charge in [-0.1, -0.05) is 30.3 Å². The van der Waals surface area contributed by atoms with Crippen molar-refractivity contribution in [3.05, 3.63) is 58.9 Å². The molecule has 1 heterocycles. The van der Waals surface area contributed by atoms with E-state index in [0.717, 1.165) is 0 Å². The Hall–Kier alpha value is -3.15. The topological polar surface area (TPSA) is 86.9 Å². The van der Waals surface area contributed by atoms with Gasteiger partial charge in [0, 0.05) is 17.3 Å². The Morgan fingerprint density at radius 1 is 1.12 bits per heavy atom. The highest BCUT2D eigenvalue weighted by atomic mass is 16.2. The number of fused-ring (bicyclic) bond motifs is 1. The summed E-state index contributed by atoms with van der Waals surface area (Å²) >= 11 is 0. The number of nitrogens with zero attached hydrogens (tertiary/aromatic N) is 1. The SMILES string of the molecule is CC(C)NC(=O)CNc1ccccc1-c1nc2ccccc2[nH]c1=O. The first-order valence-electron chi connectivity index (χ1n) is 8.16. The third-order valence-corrected chi connectivity index (χ3v) is 3.67. The van der Waals surface area contributed by atoms with Crippen LogP contribution in [-0.2, 0) is 4.79 Å². The van der Waals surface area contributed by atoms with Gasteiger partial charge >= 0.3 is 0 Å². The summed E-state index contributed by atoms with van der Waals surface area (Å²) in [6.45, 7) is 3.94. The summed E-state index contributed by atoms with van der Waals surface area (Å²) < 4.78 is 0. The fourth-order valence-corrected chi connectivity index (χ4v) is 2.60. The molecule has 3 rings (SSSR count). The monoisotopic (exact) mass is 336 g/mol. The van der Waals surface area contributed by atoms with Crippen molar-refractivity contribution in [1.82, 2.24) is 15.3 Å². The van der Waals surface area contributed by atoms with Crippen LogP contribution in [0.15, 0.2) is 53.3 Å². The lowest BCUT2D eigenvalue weighted by Crippen LogP contribution is -2.34. The highest BCUT2D eigenvalue weighted by Gasteiger charge is 2.12. The van der Waals surface area contributed by atoms with Crippen LogP contribution in [-0.4, -0.2) is 28.5 Å². The molecule has 6 heteroatoms. The molecule has 1 amide bonds. The van der Waals surface area contributed by atoms with E-state index in [9.17, 15) is 9.59 Å². The minimum absolute atomic E-state index is 0.0783. The van der Waals surface area contributed by atoms with Crippen molar-refractivity contribution in [3.8, 4) is 11.3 Å². The van der Waals surface area contributed by atoms with Crippen LogP contribution >= 0.6 is 0 Å². The number of amides is 1. The fraction of sp³-hybridized carbons (Fsp3) is 0.211. The Morgan fingerprint density at radius 3 is 2.64 bits per heavy atom. The molecule has 0 aliphatic carbocycles. The molecule has 2 aromatic carbocycles. The van der Waals surface area contributed by atoms with E-state index < -0.39 is 0 Å². The van der Waals surface area contributed by atoms with Crippen LogP contribution in [0, 0.1) is 0 Å². The number of anilines is 1. The molecule has 6 nitrogen and oxygen atoms in total. The Balaban J connectivity index is 1.94. The quantitative estimate of drug-likeness (QED) is 0.668. The summed E-state index contributed by atoms with van der Waals surface area (Å²) in [6, 6.07) is 14.8. The largest absolute Gasteiger partial charge is 0.376 e. The van der Waals surface area contributed by atoms with E-state index in [1.807, 2.05) is 62.4 Å². The maximum absolute atomic E-state index is 12.4. The van der Waals surface area contributed by atoms with Gasteiger partial charge in [0.2, 0.25) is 5.91 Å². The summed E-state index contributed by atoms with van der Waals surface area (Å²) in [5, 5.41) is 5.91. The second-order valence-corrected chi connectivity index (χ2v) is 6.05. The lowest BCUT2D eigenvalue weighted by atomic mass is 10.1. The maximum atomic E-state index is 12.4. The van der Waals surface area contributed by atoms with Crippen LogP contribution in [0.5, 0.6) is 0 Å². The van der Waals surface area contributed by atoms with Crippen molar-refractivity contribution >= 4 is 22.6 Å². The molecular formula is C19H20N4O2. The van der Waals surface area contributed by atoms with E-state index in [0.29, 0.717) is 28.0 Å². The number of aromatic nitrogens is 2. The van der Waals surface area contributed by atoms with Gasteiger partial charge < -0.3 is 15.6 Å². The predicted molar refractivity (Wildman–Crippen MR) is 99.6 cm³/mol. The van der Waals surface area contributed by atoms with Gasteiger partial charge in [0.25, 0.3) is 5.56 Å². The van der Waals surface area contributed by atoms with Crippen molar-refractivity contribution in [3.63, 3.8) is 0 Å². The lowest BCUT2D eigenvalue weighted by Gasteiger charge is -2.13. The van der Waals surface area contributed by atoms with Gasteiger partial charge in [0.15, 0.2) is 0 Å². The second-order valence-electron chi connectivity index (χ2n) is 6.05. The van der Waals surface area contributed by atoms with Gasteiger partial charge in [-0.3, -0.25) is 9.59 Å². The zero-order valence-corrected chi connectivity index (χ0v) is 14.2. The Kier molecular flexibility index (Phi) is 4.79. The van der Waals surface area contributed by atoms with E-state index in [1.165, 1.54) is 0 Å². The number of aromatic amines is 1. The van der Waals surface area contributed by atoms with Crippen LogP contribution < -0.4 is 16.2 Å². The maximum Gasteiger partial charge on any atom is 0.275 e. The fourth-order valence-electron chi connectivity index (χ4n) is 2.60. The van der Waals surface area contributed by atoms with E-state index in [-0.39, 0.29) is 24.1 Å². The normalized spacial score (nSPS) is 10.8. The number of rotatable bonds is 5. The smallest absolute Gasteiger partial charge is 0.275 e. The highest BCUT2D eigenvalue weighted by molar-refractivity contribution is 5.85. The van der Waals surface area contributed by atoms with Gasteiger partial charge in [0.1, 0.15) is 5.69 Å². The molecular weight excluding hydrogens is 316 g/mol. The summed E-state index contributed by atoms with van der Waals surface area (Å²) in [5.41, 5.74) is 2.81. The van der Waals surface area contributed by atoms with Crippen LogP contribution in [0.3, 0.4) is 0 Å². The number of hydrogen-bond acceptors (Lipinski definition) is 4. The van der Waals surface area contributed by atoms with Crippen molar-refractivity contribution in [2.45, 2.75) is 19.9 Å². The molecule has 0 fully saturated rings. The third-order valence-electron chi connectivity index (χ3n) is 3.67. The van der Waals surface area contributed by atoms with Crippen LogP contribution in [0.4, 0.5) is 5.69 Å². The molecule has 25 heavy (non-hydrogen) atoms. The van der Waals surface area contributed by atoms with E-state index >= 15 is 0 Å². The zero-order valence-electron chi connectivity index (χ0n) is 14.2. The first kappa shape index (κ1) is 16.7. The van der Waals surface area contributed by atoms with Gasteiger partial charge in [0.05, 0.1) is 17.6 Å². The molecule has 0 unspecified atom stereocenters. The lowest BCUT2D eigenvalue weighted by molar-refractivity contribution is -0.119. The molecule has 0 saturated carbocycles. The summed E-state index contributed by atoms with van der Waals surface area (Å²) in [5.74, 6) is -0.106. The number of carbonyl (C=O) groups is 1. The van der Waals surface area contributed by atoms with E-state index in [2.05, 4.69) is 20.6 Å². The molecule has 0 aliphatic heterocycles. The molecule has 0 bridgehead atoms. The molecule has 0 spiro atoms. The van der Waals surface area contributed by atoms with Crippen LogP contribution in [0.2, 0.25) is 0 Å². The number of para-hydroxylation sites is 3. The number of carbonyl (C=O) groups excluding carboxylic acids is 1. The van der Waals surface area contributed by atoms with Crippen LogP contribution in [0.25, 0.3) is 22.3 Å². The molecule has 0 aliphatic rings. The molecule has 0 atom stereocenters. The Bertz CT molecular complexity index is 963. The Morgan fingerprint density at radius 2 is 1.84 bits per heavy atom. The molecule has 128 valence electrons. The first-order valence-corrected chi connectivity index (χ1v) is 8.16. The van der Waals surface area contributed by atoms with Crippen molar-refractivity contribution in [1.29, 1.82) is 0 Å². The van der Waals surface area contributed by atoms with Gasteiger partial charge in [-0.25, -0.2) is 4.98 Å². The van der Waals surface area contributed by atoms with Gasteiger partial charge in [-0.15, -0.1) is 0 Å². The van der Waals surface area contributed by atoms with Crippen molar-refractivity contribution in [2.24, 2.45) is 0 Å². The summed E-state index contributed by atoms with van der Waals surface area (Å²) in [6.07, 6.45) is 0. The molecule has 3 aromatic rings. The highest BCUT2D eigenvalue weighted by Crippen LogP contribution is 2.24. The number of benzene rings is 2. The van der Waals surface area contributed by atoms with Crippen LogP contribution in [0.1, 0.15) is 13.8 Å². The Labute approximate surface area is 145 Å². The summed E-state index contributed by atoms with van der Waals surface area (Å²) in [4.78, 5) is 31.7. The average molecular weight is 336 g/mol. The number of nitrogens with one attached hydrogen (secondary N) is 3. The number of H-pyrrole nitrogens is 1. The summed E-state index contributed by atoms with van der Waals surface area (Å²) in [7, 11) is 0.